The summed E-state index contributed by atoms with van der Waals surface area (Å²) in [5.74, 6) is 0.456. The highest BCUT2D eigenvalue weighted by molar-refractivity contribution is 7.22. The van der Waals surface area contributed by atoms with Gasteiger partial charge in [-0.1, -0.05) is 73.7 Å². The van der Waals surface area contributed by atoms with E-state index >= 15 is 0 Å². The van der Waals surface area contributed by atoms with Crippen LogP contribution in [0.2, 0.25) is 0 Å². The number of aryl methyl sites for hydroxylation is 1. The fraction of sp³-hybridized carbons (Fsp3) is 0.240. The summed E-state index contributed by atoms with van der Waals surface area (Å²) in [6.45, 7) is 4.82. The molecule has 0 N–H and O–H groups in total. The van der Waals surface area contributed by atoms with E-state index in [2.05, 4.69) is 49.2 Å². The number of hydrogen-bond acceptors (Lipinski definition) is 4. The number of thiazole rings is 1. The fourth-order valence-corrected chi connectivity index (χ4v) is 4.52. The van der Waals surface area contributed by atoms with Gasteiger partial charge in [0, 0.05) is 18.8 Å². The molecule has 152 valence electrons. The predicted molar refractivity (Wildman–Crippen MR) is 124 cm³/mol. The SMILES string of the molecule is CC(C)c1cccc2sc(N(Cc3cccnc3)C(=O)CCc3ccccc3)nc12. The minimum Gasteiger partial charge on any atom is -0.284 e. The van der Waals surface area contributed by atoms with Gasteiger partial charge in [0.05, 0.1) is 16.8 Å². The molecule has 0 saturated heterocycles. The van der Waals surface area contributed by atoms with Crippen molar-refractivity contribution in [2.45, 2.75) is 39.2 Å². The fourth-order valence-electron chi connectivity index (χ4n) is 3.51. The number of para-hydroxylation sites is 1. The van der Waals surface area contributed by atoms with Crippen molar-refractivity contribution in [3.8, 4) is 0 Å². The monoisotopic (exact) mass is 415 g/mol. The number of rotatable bonds is 7. The lowest BCUT2D eigenvalue weighted by molar-refractivity contribution is -0.118. The number of fused-ring (bicyclic) bond motifs is 1. The van der Waals surface area contributed by atoms with Gasteiger partial charge in [-0.3, -0.25) is 14.7 Å². The number of amides is 1. The molecule has 4 aromatic rings. The van der Waals surface area contributed by atoms with E-state index < -0.39 is 0 Å². The molecule has 2 aromatic heterocycles. The third-order valence-electron chi connectivity index (χ3n) is 5.13. The lowest BCUT2D eigenvalue weighted by Crippen LogP contribution is -2.30. The Kier molecular flexibility index (Phi) is 6.19. The van der Waals surface area contributed by atoms with Crippen molar-refractivity contribution in [1.82, 2.24) is 9.97 Å². The maximum Gasteiger partial charge on any atom is 0.229 e. The molecule has 0 fully saturated rings. The minimum absolute atomic E-state index is 0.0767. The first-order chi connectivity index (χ1) is 14.6. The van der Waals surface area contributed by atoms with Gasteiger partial charge in [-0.2, -0.15) is 0 Å². The van der Waals surface area contributed by atoms with Crippen molar-refractivity contribution in [2.75, 3.05) is 4.90 Å². The average molecular weight is 416 g/mol. The summed E-state index contributed by atoms with van der Waals surface area (Å²) in [5, 5.41) is 0.750. The maximum atomic E-state index is 13.3. The minimum atomic E-state index is 0.0767. The summed E-state index contributed by atoms with van der Waals surface area (Å²) >= 11 is 1.58. The Balaban J connectivity index is 1.65. The zero-order valence-corrected chi connectivity index (χ0v) is 18.1. The summed E-state index contributed by atoms with van der Waals surface area (Å²) in [4.78, 5) is 24.2. The number of aromatic nitrogens is 2. The number of anilines is 1. The van der Waals surface area contributed by atoms with Gasteiger partial charge in [-0.05, 0) is 41.2 Å². The van der Waals surface area contributed by atoms with E-state index in [0.717, 1.165) is 20.9 Å². The van der Waals surface area contributed by atoms with Crippen LogP contribution in [-0.2, 0) is 17.8 Å². The molecule has 0 spiro atoms. The molecule has 2 aromatic carbocycles. The highest BCUT2D eigenvalue weighted by Crippen LogP contribution is 2.34. The number of hydrogen-bond donors (Lipinski definition) is 0. The molecule has 4 rings (SSSR count). The molecule has 4 nitrogen and oxygen atoms in total. The van der Waals surface area contributed by atoms with Gasteiger partial charge in [0.1, 0.15) is 0 Å². The van der Waals surface area contributed by atoms with Crippen molar-refractivity contribution >= 4 is 32.6 Å². The van der Waals surface area contributed by atoms with Crippen molar-refractivity contribution in [3.05, 3.63) is 89.7 Å². The molecule has 0 bridgehead atoms. The number of carbonyl (C=O) groups is 1. The second kappa shape index (κ2) is 9.18. The van der Waals surface area contributed by atoms with Crippen molar-refractivity contribution < 1.29 is 4.79 Å². The molecule has 30 heavy (non-hydrogen) atoms. The van der Waals surface area contributed by atoms with E-state index in [9.17, 15) is 4.79 Å². The Morgan fingerprint density at radius 3 is 2.53 bits per heavy atom. The number of benzene rings is 2. The van der Waals surface area contributed by atoms with Gasteiger partial charge in [0.25, 0.3) is 0 Å². The Morgan fingerprint density at radius 1 is 1.00 bits per heavy atom. The molecular formula is C25H25N3OS. The lowest BCUT2D eigenvalue weighted by Gasteiger charge is -2.20. The second-order valence-electron chi connectivity index (χ2n) is 7.67. The van der Waals surface area contributed by atoms with Gasteiger partial charge in [0.15, 0.2) is 5.13 Å². The van der Waals surface area contributed by atoms with E-state index in [1.165, 1.54) is 11.1 Å². The first kappa shape index (κ1) is 20.2. The molecule has 5 heteroatoms. The highest BCUT2D eigenvalue weighted by atomic mass is 32.1. The summed E-state index contributed by atoms with van der Waals surface area (Å²) in [6.07, 6.45) is 4.71. The van der Waals surface area contributed by atoms with Crippen LogP contribution >= 0.6 is 11.3 Å². The van der Waals surface area contributed by atoms with Crippen molar-refractivity contribution in [1.29, 1.82) is 0 Å². The average Bonchev–Trinajstić information content (AvgIpc) is 3.21. The van der Waals surface area contributed by atoms with E-state index in [1.807, 2.05) is 41.4 Å². The third kappa shape index (κ3) is 4.57. The van der Waals surface area contributed by atoms with Crippen LogP contribution in [0.1, 0.15) is 42.9 Å². The summed E-state index contributed by atoms with van der Waals surface area (Å²) in [5.41, 5.74) is 4.38. The van der Waals surface area contributed by atoms with Gasteiger partial charge >= 0.3 is 0 Å². The summed E-state index contributed by atoms with van der Waals surface area (Å²) < 4.78 is 1.11. The van der Waals surface area contributed by atoms with Gasteiger partial charge in [-0.15, -0.1) is 0 Å². The standard InChI is InChI=1S/C25H25N3OS/c1-18(2)21-11-6-12-22-24(21)27-25(30-22)28(17-20-10-7-15-26-16-20)23(29)14-13-19-8-4-3-5-9-19/h3-12,15-16,18H,13-14,17H2,1-2H3. The molecule has 0 aliphatic rings. The van der Waals surface area contributed by atoms with E-state index in [-0.39, 0.29) is 5.91 Å². The van der Waals surface area contributed by atoms with E-state index in [4.69, 9.17) is 4.98 Å². The molecule has 0 radical (unpaired) electrons. The van der Waals surface area contributed by atoms with Gasteiger partial charge in [0.2, 0.25) is 5.91 Å². The van der Waals surface area contributed by atoms with Crippen molar-refractivity contribution in [2.24, 2.45) is 0 Å². The van der Waals surface area contributed by atoms with Crippen molar-refractivity contribution in [3.63, 3.8) is 0 Å². The maximum absolute atomic E-state index is 13.3. The first-order valence-corrected chi connectivity index (χ1v) is 11.1. The van der Waals surface area contributed by atoms with Gasteiger partial charge < -0.3 is 0 Å². The van der Waals surface area contributed by atoms with E-state index in [0.29, 0.717) is 25.3 Å². The van der Waals surface area contributed by atoms with Crippen LogP contribution in [0.3, 0.4) is 0 Å². The number of carbonyl (C=O) groups excluding carboxylic acids is 1. The Labute approximate surface area is 181 Å². The van der Waals surface area contributed by atoms with Crippen LogP contribution in [-0.4, -0.2) is 15.9 Å². The van der Waals surface area contributed by atoms with Crippen LogP contribution in [0.5, 0.6) is 0 Å². The molecule has 0 aliphatic heterocycles. The van der Waals surface area contributed by atoms with Crippen LogP contribution in [0, 0.1) is 0 Å². The molecule has 1 amide bonds. The van der Waals surface area contributed by atoms with Crippen LogP contribution in [0.4, 0.5) is 5.13 Å². The predicted octanol–water partition coefficient (Wildman–Crippen LogP) is 5.98. The lowest BCUT2D eigenvalue weighted by atomic mass is 10.0. The molecule has 0 unspecified atom stereocenters. The number of nitrogens with zero attached hydrogens (tertiary/aromatic N) is 3. The van der Waals surface area contributed by atoms with Crippen LogP contribution < -0.4 is 4.90 Å². The Morgan fingerprint density at radius 2 is 1.80 bits per heavy atom. The summed E-state index contributed by atoms with van der Waals surface area (Å²) in [7, 11) is 0. The highest BCUT2D eigenvalue weighted by Gasteiger charge is 2.21. The Hall–Kier alpha value is -3.05. The molecule has 2 heterocycles. The zero-order valence-electron chi connectivity index (χ0n) is 17.3. The second-order valence-corrected chi connectivity index (χ2v) is 8.68. The molecule has 0 saturated carbocycles. The molecule has 0 aliphatic carbocycles. The normalized spacial score (nSPS) is 11.2. The largest absolute Gasteiger partial charge is 0.284 e. The van der Waals surface area contributed by atoms with E-state index in [1.54, 1.807) is 17.5 Å². The Bertz CT molecular complexity index is 1120. The quantitative estimate of drug-likeness (QED) is 0.373. The van der Waals surface area contributed by atoms with Crippen LogP contribution in [0.15, 0.2) is 73.1 Å². The third-order valence-corrected chi connectivity index (χ3v) is 6.17. The van der Waals surface area contributed by atoms with Gasteiger partial charge in [-0.25, -0.2) is 4.98 Å². The smallest absolute Gasteiger partial charge is 0.229 e. The topological polar surface area (TPSA) is 46.1 Å². The zero-order chi connectivity index (χ0) is 20.9. The molecule has 0 atom stereocenters. The summed E-state index contributed by atoms with van der Waals surface area (Å²) in [6, 6.07) is 20.3. The van der Waals surface area contributed by atoms with Crippen LogP contribution in [0.25, 0.3) is 10.2 Å². The molecular weight excluding hydrogens is 390 g/mol. The first-order valence-electron chi connectivity index (χ1n) is 10.2. The number of pyridine rings is 1.